The molecule has 1 radical (unpaired) electrons. The molecule has 6 N–H and O–H groups in total. The second-order valence-corrected chi connectivity index (χ2v) is 5.73. The van der Waals surface area contributed by atoms with Crippen LogP contribution in [0.1, 0.15) is 31.1 Å². The molecule has 10 heteroatoms. The first-order valence-corrected chi connectivity index (χ1v) is 8.30. The maximum atomic E-state index is 10.2. The van der Waals surface area contributed by atoms with Crippen molar-refractivity contribution in [2.45, 2.75) is 0 Å². The molecule has 0 aromatic heterocycles. The largest absolute Gasteiger partial charge is 3.00 e. The van der Waals surface area contributed by atoms with Crippen LogP contribution in [0.3, 0.4) is 0 Å². The maximum Gasteiger partial charge on any atom is 3.00 e. The van der Waals surface area contributed by atoms with E-state index in [1.807, 2.05) is 0 Å². The van der Waals surface area contributed by atoms with E-state index >= 15 is 0 Å². The fraction of sp³-hybridized carbons (Fsp3) is 0. The Kier molecular flexibility index (Phi) is 12.5. The molecule has 0 bridgehead atoms. The molecule has 0 fully saturated rings. The number of nitrogens with two attached hydrogens (primary N) is 3. The molecule has 3 aromatic rings. The number of rotatable bonds is 3. The van der Waals surface area contributed by atoms with Crippen LogP contribution < -0.4 is 32.5 Å². The van der Waals surface area contributed by atoms with E-state index in [2.05, 4.69) is 0 Å². The normalized spacial score (nSPS) is 8.90. The summed E-state index contributed by atoms with van der Waals surface area (Å²) in [4.78, 5) is 30.5. The van der Waals surface area contributed by atoms with Crippen LogP contribution in [0, 0.1) is 39.9 Å². The molecule has 0 amide bonds. The zero-order valence-corrected chi connectivity index (χ0v) is 18.2. The van der Waals surface area contributed by atoms with Gasteiger partial charge in [0.1, 0.15) is 0 Å². The number of carboxylic acid groups (broad SMARTS) is 3. The fourth-order valence-electron chi connectivity index (χ4n) is 1.86. The molecule has 9 nitrogen and oxygen atoms in total. The van der Waals surface area contributed by atoms with Gasteiger partial charge in [-0.05, 0) is 53.1 Å². The van der Waals surface area contributed by atoms with Gasteiger partial charge in [-0.25, -0.2) is 0 Å². The summed E-state index contributed by atoms with van der Waals surface area (Å²) < 4.78 is 0. The van der Waals surface area contributed by atoms with Crippen LogP contribution >= 0.6 is 0 Å². The number of carboxylic acids is 3. The Morgan fingerprint density at radius 1 is 0.452 bits per heavy atom. The van der Waals surface area contributed by atoms with Gasteiger partial charge < -0.3 is 46.9 Å². The summed E-state index contributed by atoms with van der Waals surface area (Å²) in [6.07, 6.45) is 0. The zero-order chi connectivity index (χ0) is 22.7. The monoisotopic (exact) mass is 566 g/mol. The average molecular weight is 566 g/mol. The zero-order valence-electron chi connectivity index (χ0n) is 16.0. The first kappa shape index (κ1) is 27.8. The predicted molar refractivity (Wildman–Crippen MR) is 106 cm³/mol. The summed E-state index contributed by atoms with van der Waals surface area (Å²) >= 11 is 0. The van der Waals surface area contributed by atoms with Gasteiger partial charge in [0.15, 0.2) is 0 Å². The molecular weight excluding hydrogens is 547 g/mol. The van der Waals surface area contributed by atoms with Crippen molar-refractivity contribution >= 4 is 35.0 Å². The molecule has 0 saturated heterocycles. The Balaban J connectivity index is 0.000000429. The van der Waals surface area contributed by atoms with E-state index in [4.69, 9.17) is 17.2 Å². The molecule has 0 aliphatic heterocycles. The Hall–Kier alpha value is -3.21. The van der Waals surface area contributed by atoms with Crippen molar-refractivity contribution < 1.29 is 69.6 Å². The number of benzene rings is 3. The van der Waals surface area contributed by atoms with E-state index in [-0.39, 0.29) is 56.6 Å². The minimum absolute atomic E-state index is 0. The molecule has 31 heavy (non-hydrogen) atoms. The molecule has 0 saturated carbocycles. The van der Waals surface area contributed by atoms with Crippen LogP contribution in [0.15, 0.2) is 72.8 Å². The summed E-state index contributed by atoms with van der Waals surface area (Å²) in [5.41, 5.74) is 18.0. The molecule has 0 atom stereocenters. The van der Waals surface area contributed by atoms with E-state index < -0.39 is 17.9 Å². The topological polar surface area (TPSA) is 198 Å². The minimum Gasteiger partial charge on any atom is -0.545 e. The Labute approximate surface area is 210 Å². The summed E-state index contributed by atoms with van der Waals surface area (Å²) in [5, 5.41) is 30.5. The molecule has 0 unspecified atom stereocenters. The van der Waals surface area contributed by atoms with Gasteiger partial charge in [0.05, 0.1) is 17.9 Å². The van der Waals surface area contributed by atoms with E-state index in [0.29, 0.717) is 17.1 Å². The number of aromatic carboxylic acids is 3. The number of hydrogen-bond donors (Lipinski definition) is 3. The third kappa shape index (κ3) is 10.9. The van der Waals surface area contributed by atoms with Crippen LogP contribution in [0.2, 0.25) is 0 Å². The van der Waals surface area contributed by atoms with Gasteiger partial charge in [-0.1, -0.05) is 36.4 Å². The molecule has 161 valence electrons. The molecule has 3 rings (SSSR count). The fourth-order valence-corrected chi connectivity index (χ4v) is 1.86. The Bertz CT molecular complexity index is 859. The van der Waals surface area contributed by atoms with Gasteiger partial charge in [-0.15, -0.1) is 0 Å². The third-order valence-corrected chi connectivity index (χ3v) is 3.44. The van der Waals surface area contributed by atoms with Crippen molar-refractivity contribution in [1.29, 1.82) is 0 Å². The van der Waals surface area contributed by atoms with Gasteiger partial charge in [-0.2, -0.15) is 0 Å². The van der Waals surface area contributed by atoms with Crippen molar-refractivity contribution in [2.24, 2.45) is 0 Å². The number of carbonyl (C=O) groups excluding carboxylic acids is 3. The van der Waals surface area contributed by atoms with Crippen LogP contribution in [0.5, 0.6) is 0 Å². The number of hydrogen-bond acceptors (Lipinski definition) is 9. The predicted octanol–water partition coefficient (Wildman–Crippen LogP) is -1.10. The van der Waals surface area contributed by atoms with Crippen molar-refractivity contribution in [3.05, 3.63) is 89.5 Å². The minimum atomic E-state index is -1.18. The summed E-state index contributed by atoms with van der Waals surface area (Å²) in [6.45, 7) is 0. The van der Waals surface area contributed by atoms with Crippen molar-refractivity contribution in [1.82, 2.24) is 0 Å². The molecule has 0 heterocycles. The summed E-state index contributed by atoms with van der Waals surface area (Å²) in [6, 6.07) is 17.6. The van der Waals surface area contributed by atoms with E-state index in [9.17, 15) is 29.7 Å². The van der Waals surface area contributed by atoms with Crippen LogP contribution in [-0.2, 0) is 0 Å². The first-order valence-electron chi connectivity index (χ1n) is 8.30. The smallest absolute Gasteiger partial charge is 0.545 e. The van der Waals surface area contributed by atoms with Crippen molar-refractivity contribution in [3.8, 4) is 0 Å². The standard InChI is InChI=1S/3C7H7NO2.Gd/c3*8-6-3-1-5(2-4-6)7(9)10;/h3*1-4H,8H2,(H,9,10);/q;;;+3/p-3. The maximum absolute atomic E-state index is 10.2. The van der Waals surface area contributed by atoms with E-state index in [1.165, 1.54) is 72.8 Å². The molecule has 0 spiro atoms. The quantitative estimate of drug-likeness (QED) is 0.330. The van der Waals surface area contributed by atoms with Crippen molar-refractivity contribution in [3.63, 3.8) is 0 Å². The third-order valence-electron chi connectivity index (χ3n) is 3.44. The summed E-state index contributed by atoms with van der Waals surface area (Å²) in [7, 11) is 0. The van der Waals surface area contributed by atoms with Crippen LogP contribution in [-0.4, -0.2) is 17.9 Å². The van der Waals surface area contributed by atoms with Gasteiger partial charge in [-0.3, -0.25) is 0 Å². The number of carbonyl (C=O) groups is 3. The molecule has 3 aromatic carbocycles. The number of nitrogen functional groups attached to an aromatic ring is 3. The number of anilines is 3. The first-order chi connectivity index (χ1) is 14.1. The average Bonchev–Trinajstić information content (AvgIpc) is 2.70. The van der Waals surface area contributed by atoms with Gasteiger partial charge in [0.2, 0.25) is 0 Å². The molecular formula is C21H18GdN3O6. The molecule has 0 aliphatic carbocycles. The second kappa shape index (κ2) is 13.9. The Morgan fingerprint density at radius 3 is 0.742 bits per heavy atom. The van der Waals surface area contributed by atoms with Crippen molar-refractivity contribution in [2.75, 3.05) is 17.2 Å². The molecule has 0 aliphatic rings. The van der Waals surface area contributed by atoms with E-state index in [1.54, 1.807) is 0 Å². The van der Waals surface area contributed by atoms with Crippen LogP contribution in [0.25, 0.3) is 0 Å². The second-order valence-electron chi connectivity index (χ2n) is 5.73. The van der Waals surface area contributed by atoms with Gasteiger partial charge >= 0.3 is 39.9 Å². The Morgan fingerprint density at radius 2 is 0.613 bits per heavy atom. The van der Waals surface area contributed by atoms with E-state index in [0.717, 1.165) is 0 Å². The SMILES string of the molecule is Nc1ccc(C(=O)[O-])cc1.Nc1ccc(C(=O)[O-])cc1.Nc1ccc(C(=O)[O-])cc1.[Gd+3]. The van der Waals surface area contributed by atoms with Gasteiger partial charge in [0.25, 0.3) is 0 Å². The van der Waals surface area contributed by atoms with Crippen LogP contribution in [0.4, 0.5) is 17.1 Å². The van der Waals surface area contributed by atoms with Gasteiger partial charge in [0, 0.05) is 17.1 Å². The summed E-state index contributed by atoms with van der Waals surface area (Å²) in [5.74, 6) is -3.54.